The third kappa shape index (κ3) is 4.56. The van der Waals surface area contributed by atoms with Gasteiger partial charge in [-0.3, -0.25) is 33.7 Å². The number of anilines is 2. The van der Waals surface area contributed by atoms with Crippen molar-refractivity contribution in [2.45, 2.75) is 38.4 Å². The Bertz CT molecular complexity index is 1270. The van der Waals surface area contributed by atoms with Crippen LogP contribution in [0, 0.1) is 5.92 Å². The number of ether oxygens (including phenoxy) is 1. The van der Waals surface area contributed by atoms with Crippen LogP contribution in [0.1, 0.15) is 25.3 Å². The van der Waals surface area contributed by atoms with Crippen LogP contribution >= 0.6 is 0 Å². The monoisotopic (exact) mass is 484 g/mol. The van der Waals surface area contributed by atoms with Crippen molar-refractivity contribution in [3.63, 3.8) is 0 Å². The summed E-state index contributed by atoms with van der Waals surface area (Å²) in [7, 11) is 1.45. The molecular weight excluding hydrogens is 456 g/mol. The third-order valence-corrected chi connectivity index (χ3v) is 6.48. The maximum Gasteiger partial charge on any atom is 0.330 e. The van der Waals surface area contributed by atoms with E-state index in [2.05, 4.69) is 10.3 Å². The standard InChI is InChI=1S/C23H28N6O6/c1-23(15-8-9-15)20(32)29(22(34)26-23)13-16(30)28(12-14-6-4-3-5-7-14)17-18(24)27(10-11-35-2)21(33)25-19(17)31/h3-7,15H,8-13,24H2,1-2H3,(H,26,34)(H,25,31,33). The Morgan fingerprint density at radius 1 is 1.20 bits per heavy atom. The van der Waals surface area contributed by atoms with Gasteiger partial charge in [-0.15, -0.1) is 0 Å². The van der Waals surface area contributed by atoms with Gasteiger partial charge in [-0.25, -0.2) is 9.59 Å². The lowest BCUT2D eigenvalue weighted by Crippen LogP contribution is -2.48. The molecule has 1 aromatic heterocycles. The van der Waals surface area contributed by atoms with Gasteiger partial charge in [-0.1, -0.05) is 30.3 Å². The zero-order valence-electron chi connectivity index (χ0n) is 19.6. The molecule has 4 amide bonds. The number of nitrogens with zero attached hydrogens (tertiary/aromatic N) is 3. The average Bonchev–Trinajstić information content (AvgIpc) is 3.65. The number of nitrogens with two attached hydrogens (primary N) is 1. The van der Waals surface area contributed by atoms with Crippen molar-refractivity contribution in [3.8, 4) is 0 Å². The Morgan fingerprint density at radius 2 is 1.89 bits per heavy atom. The Labute approximate surface area is 200 Å². The number of imide groups is 1. The average molecular weight is 485 g/mol. The lowest BCUT2D eigenvalue weighted by molar-refractivity contribution is -0.134. The van der Waals surface area contributed by atoms with Gasteiger partial charge in [0.1, 0.15) is 17.9 Å². The zero-order valence-corrected chi connectivity index (χ0v) is 19.6. The number of hydrogen-bond acceptors (Lipinski definition) is 7. The van der Waals surface area contributed by atoms with Gasteiger partial charge < -0.3 is 15.8 Å². The highest BCUT2D eigenvalue weighted by atomic mass is 16.5. The predicted molar refractivity (Wildman–Crippen MR) is 127 cm³/mol. The molecule has 0 radical (unpaired) electrons. The van der Waals surface area contributed by atoms with Gasteiger partial charge in [0.25, 0.3) is 11.5 Å². The Kier molecular flexibility index (Phi) is 6.48. The second kappa shape index (κ2) is 9.37. The molecule has 1 saturated carbocycles. The Balaban J connectivity index is 1.71. The van der Waals surface area contributed by atoms with Crippen LogP contribution in [0.15, 0.2) is 39.9 Å². The molecule has 1 aliphatic heterocycles. The number of rotatable bonds is 9. The largest absolute Gasteiger partial charge is 0.383 e. The molecule has 1 atom stereocenters. The fourth-order valence-corrected chi connectivity index (χ4v) is 4.32. The van der Waals surface area contributed by atoms with Crippen molar-refractivity contribution < 1.29 is 19.1 Å². The van der Waals surface area contributed by atoms with Gasteiger partial charge in [0.2, 0.25) is 5.91 Å². The molecule has 35 heavy (non-hydrogen) atoms. The van der Waals surface area contributed by atoms with Gasteiger partial charge in [0.05, 0.1) is 19.7 Å². The summed E-state index contributed by atoms with van der Waals surface area (Å²) >= 11 is 0. The van der Waals surface area contributed by atoms with E-state index in [-0.39, 0.29) is 37.1 Å². The van der Waals surface area contributed by atoms with Gasteiger partial charge in [-0.2, -0.15) is 0 Å². The first kappa shape index (κ1) is 24.2. The third-order valence-electron chi connectivity index (χ3n) is 6.48. The van der Waals surface area contributed by atoms with E-state index in [9.17, 15) is 24.0 Å². The number of aromatic nitrogens is 2. The van der Waals surface area contributed by atoms with Crippen molar-refractivity contribution in [1.82, 2.24) is 19.8 Å². The second-order valence-electron chi connectivity index (χ2n) is 8.90. The fourth-order valence-electron chi connectivity index (χ4n) is 4.32. The first-order chi connectivity index (χ1) is 16.7. The maximum absolute atomic E-state index is 13.5. The Morgan fingerprint density at radius 3 is 2.51 bits per heavy atom. The number of nitrogen functional groups attached to an aromatic ring is 1. The molecule has 0 spiro atoms. The zero-order chi connectivity index (χ0) is 25.3. The summed E-state index contributed by atoms with van der Waals surface area (Å²) in [6, 6.07) is 8.18. The molecule has 12 heteroatoms. The van der Waals surface area contributed by atoms with Crippen LogP contribution < -0.4 is 27.2 Å². The van der Waals surface area contributed by atoms with Crippen LogP contribution in [-0.2, 0) is 27.4 Å². The number of hydrogen-bond donors (Lipinski definition) is 3. The summed E-state index contributed by atoms with van der Waals surface area (Å²) < 4.78 is 6.11. The molecule has 4 N–H and O–H groups in total. The molecule has 0 bridgehead atoms. The highest BCUT2D eigenvalue weighted by Crippen LogP contribution is 2.42. The van der Waals surface area contributed by atoms with Gasteiger partial charge >= 0.3 is 11.7 Å². The number of H-pyrrole nitrogens is 1. The lowest BCUT2D eigenvalue weighted by Gasteiger charge is -2.26. The number of carbonyl (C=O) groups excluding carboxylic acids is 3. The molecule has 186 valence electrons. The number of urea groups is 1. The van der Waals surface area contributed by atoms with E-state index in [1.54, 1.807) is 37.3 Å². The minimum absolute atomic E-state index is 0.0299. The fraction of sp³-hybridized carbons (Fsp3) is 0.435. The topological polar surface area (TPSA) is 160 Å². The summed E-state index contributed by atoms with van der Waals surface area (Å²) in [6.07, 6.45) is 1.64. The quantitative estimate of drug-likeness (QED) is 0.423. The SMILES string of the molecule is COCCn1c(N)c(N(Cc2ccccc2)C(=O)CN2C(=O)NC(C)(C3CC3)C2=O)c(=O)[nH]c1=O. The molecule has 2 aromatic rings. The van der Waals surface area contributed by atoms with E-state index in [0.29, 0.717) is 5.56 Å². The molecule has 1 unspecified atom stereocenters. The highest BCUT2D eigenvalue weighted by molar-refractivity contribution is 6.10. The second-order valence-corrected chi connectivity index (χ2v) is 8.90. The number of benzene rings is 1. The molecule has 1 saturated heterocycles. The minimum atomic E-state index is -1.05. The lowest BCUT2D eigenvalue weighted by atomic mass is 9.96. The van der Waals surface area contributed by atoms with E-state index in [0.717, 1.165) is 27.2 Å². The summed E-state index contributed by atoms with van der Waals surface area (Å²) in [5.74, 6) is -1.38. The Hall–Kier alpha value is -3.93. The van der Waals surface area contributed by atoms with Crippen LogP contribution in [0.3, 0.4) is 0 Å². The highest BCUT2D eigenvalue weighted by Gasteiger charge is 2.56. The summed E-state index contributed by atoms with van der Waals surface area (Å²) in [5.41, 5.74) is 3.99. The van der Waals surface area contributed by atoms with Gasteiger partial charge in [-0.05, 0) is 31.2 Å². The number of aromatic amines is 1. The van der Waals surface area contributed by atoms with E-state index in [1.165, 1.54) is 7.11 Å². The van der Waals surface area contributed by atoms with Crippen molar-refractivity contribution >= 4 is 29.4 Å². The van der Waals surface area contributed by atoms with Crippen molar-refractivity contribution in [3.05, 3.63) is 56.7 Å². The molecule has 2 fully saturated rings. The van der Waals surface area contributed by atoms with Crippen LogP contribution in [-0.4, -0.2) is 58.1 Å². The molecule has 1 aromatic carbocycles. The number of methoxy groups -OCH3 is 1. The molecule has 12 nitrogen and oxygen atoms in total. The van der Waals surface area contributed by atoms with E-state index in [1.807, 2.05) is 0 Å². The van der Waals surface area contributed by atoms with Gasteiger partial charge in [0, 0.05) is 7.11 Å². The van der Waals surface area contributed by atoms with Crippen LogP contribution in [0.5, 0.6) is 0 Å². The van der Waals surface area contributed by atoms with Crippen LogP contribution in [0.25, 0.3) is 0 Å². The first-order valence-corrected chi connectivity index (χ1v) is 11.3. The number of carbonyl (C=O) groups is 3. The molecular formula is C23H28N6O6. The first-order valence-electron chi connectivity index (χ1n) is 11.3. The maximum atomic E-state index is 13.5. The van der Waals surface area contributed by atoms with Crippen LogP contribution in [0.2, 0.25) is 0 Å². The molecule has 1 aliphatic carbocycles. The normalized spacial score (nSPS) is 19.7. The summed E-state index contributed by atoms with van der Waals surface area (Å²) in [5, 5.41) is 2.70. The number of amides is 4. The smallest absolute Gasteiger partial charge is 0.330 e. The summed E-state index contributed by atoms with van der Waals surface area (Å²) in [6.45, 7) is 1.19. The van der Waals surface area contributed by atoms with E-state index in [4.69, 9.17) is 10.5 Å². The van der Waals surface area contributed by atoms with Crippen LogP contribution in [0.4, 0.5) is 16.3 Å². The van der Waals surface area contributed by atoms with E-state index >= 15 is 0 Å². The molecule has 2 aliphatic rings. The predicted octanol–water partition coefficient (Wildman–Crippen LogP) is 0.0189. The van der Waals surface area contributed by atoms with E-state index < -0.39 is 41.2 Å². The number of nitrogens with one attached hydrogen (secondary N) is 2. The summed E-state index contributed by atoms with van der Waals surface area (Å²) in [4.78, 5) is 68.5. The minimum Gasteiger partial charge on any atom is -0.383 e. The molecule has 2 heterocycles. The van der Waals surface area contributed by atoms with Crippen molar-refractivity contribution in [2.24, 2.45) is 5.92 Å². The van der Waals surface area contributed by atoms with Crippen molar-refractivity contribution in [1.29, 1.82) is 0 Å². The molecule has 4 rings (SSSR count). The van der Waals surface area contributed by atoms with Gasteiger partial charge in [0.15, 0.2) is 5.69 Å². The van der Waals surface area contributed by atoms with Crippen molar-refractivity contribution in [2.75, 3.05) is 30.9 Å².